The van der Waals surface area contributed by atoms with E-state index in [1.807, 2.05) is 40.7 Å². The molecule has 1 heterocycles. The molecule has 6 nitrogen and oxygen atoms in total. The van der Waals surface area contributed by atoms with E-state index < -0.39 is 23.4 Å². The minimum Gasteiger partial charge on any atom is -0.444 e. The highest BCUT2D eigenvalue weighted by Crippen LogP contribution is 2.38. The van der Waals surface area contributed by atoms with Gasteiger partial charge >= 0.3 is 6.09 Å². The number of nitrogens with zero attached hydrogens (tertiary/aromatic N) is 1. The summed E-state index contributed by atoms with van der Waals surface area (Å²) in [6, 6.07) is 1.10. The Morgan fingerprint density at radius 2 is 1.97 bits per heavy atom. The van der Waals surface area contributed by atoms with Crippen LogP contribution in [0.15, 0.2) is 12.1 Å². The van der Waals surface area contributed by atoms with Crippen molar-refractivity contribution < 1.29 is 18.7 Å². The quantitative estimate of drug-likeness (QED) is 0.753. The summed E-state index contributed by atoms with van der Waals surface area (Å²) in [6.07, 6.45) is 3.62. The topological polar surface area (TPSA) is 88.4 Å². The van der Waals surface area contributed by atoms with Gasteiger partial charge in [0.25, 0.3) is 5.91 Å². The van der Waals surface area contributed by atoms with Crippen LogP contribution in [0.4, 0.5) is 9.18 Å². The molecular formula is C23H30FN3O3. The number of carbonyl (C=O) groups excluding carboxylic acids is 2. The number of hydrogen-bond donors (Lipinski definition) is 2. The molecule has 3 rings (SSSR count). The van der Waals surface area contributed by atoms with Crippen LogP contribution in [0.1, 0.15) is 67.2 Å². The second kappa shape index (κ2) is 7.78. The van der Waals surface area contributed by atoms with Gasteiger partial charge in [-0.2, -0.15) is 0 Å². The molecule has 1 aliphatic rings. The standard InChI is InChI=1S/C23H30FN3O3/c1-12-13(2)26-20-16(21(25)28)11-17(24)19(18(12)20)14-8-7-9-15(10-14)27(6)22(29)30-23(3,4)5/h8,11,15,26H,7,9-10H2,1-6H3,(H2,25,28)/t15-/m0/s1. The van der Waals surface area contributed by atoms with E-state index in [1.54, 1.807) is 11.9 Å². The lowest BCUT2D eigenvalue weighted by Gasteiger charge is -2.33. The molecule has 0 radical (unpaired) electrons. The number of hydrogen-bond acceptors (Lipinski definition) is 3. The zero-order chi connectivity index (χ0) is 22.4. The largest absolute Gasteiger partial charge is 0.444 e. The number of nitrogens with two attached hydrogens (primary N) is 1. The number of halogens is 1. The van der Waals surface area contributed by atoms with E-state index in [-0.39, 0.29) is 11.6 Å². The summed E-state index contributed by atoms with van der Waals surface area (Å²) in [4.78, 5) is 29.2. The van der Waals surface area contributed by atoms with Crippen LogP contribution in [0.2, 0.25) is 0 Å². The van der Waals surface area contributed by atoms with Crippen molar-refractivity contribution in [2.75, 3.05) is 7.05 Å². The maximum Gasteiger partial charge on any atom is 0.410 e. The molecule has 0 aliphatic heterocycles. The Labute approximate surface area is 176 Å². The van der Waals surface area contributed by atoms with Gasteiger partial charge in [0.1, 0.15) is 11.4 Å². The van der Waals surface area contributed by atoms with Crippen molar-refractivity contribution in [3.05, 3.63) is 40.3 Å². The molecule has 30 heavy (non-hydrogen) atoms. The number of ether oxygens (including phenoxy) is 1. The molecule has 1 atom stereocenters. The van der Waals surface area contributed by atoms with Crippen LogP contribution in [0, 0.1) is 19.7 Å². The van der Waals surface area contributed by atoms with Crippen molar-refractivity contribution in [3.8, 4) is 0 Å². The van der Waals surface area contributed by atoms with Gasteiger partial charge < -0.3 is 20.4 Å². The van der Waals surface area contributed by atoms with E-state index in [1.165, 1.54) is 6.07 Å². The molecule has 2 aromatic rings. The molecule has 0 unspecified atom stereocenters. The summed E-state index contributed by atoms with van der Waals surface area (Å²) in [7, 11) is 1.72. The first-order valence-corrected chi connectivity index (χ1v) is 10.2. The lowest BCUT2D eigenvalue weighted by atomic mass is 9.86. The van der Waals surface area contributed by atoms with Gasteiger partial charge in [-0.25, -0.2) is 9.18 Å². The summed E-state index contributed by atoms with van der Waals surface area (Å²) >= 11 is 0. The lowest BCUT2D eigenvalue weighted by Crippen LogP contribution is -2.41. The molecule has 3 N–H and O–H groups in total. The van der Waals surface area contributed by atoms with Gasteiger partial charge in [0.15, 0.2) is 0 Å². The van der Waals surface area contributed by atoms with E-state index in [2.05, 4.69) is 4.98 Å². The molecule has 0 bridgehead atoms. The number of nitrogens with one attached hydrogen (secondary N) is 1. The molecule has 1 aromatic carbocycles. The highest BCUT2D eigenvalue weighted by atomic mass is 19.1. The highest BCUT2D eigenvalue weighted by molar-refractivity contribution is 6.09. The van der Waals surface area contributed by atoms with Gasteiger partial charge in [-0.1, -0.05) is 6.08 Å². The maximum atomic E-state index is 15.3. The summed E-state index contributed by atoms with van der Waals surface area (Å²) in [5.74, 6) is -1.16. The Morgan fingerprint density at radius 3 is 2.57 bits per heavy atom. The van der Waals surface area contributed by atoms with Gasteiger partial charge in [0, 0.05) is 29.7 Å². The summed E-state index contributed by atoms with van der Waals surface area (Å²) in [5, 5.41) is 0.674. The van der Waals surface area contributed by atoms with E-state index in [0.29, 0.717) is 29.3 Å². The van der Waals surface area contributed by atoms with Gasteiger partial charge in [-0.05, 0) is 71.1 Å². The number of allylic oxidation sites excluding steroid dienone is 1. The Hall–Kier alpha value is -2.83. The third-order valence-corrected chi connectivity index (χ3v) is 5.69. The highest BCUT2D eigenvalue weighted by Gasteiger charge is 2.30. The fourth-order valence-electron chi connectivity index (χ4n) is 4.04. The molecule has 162 valence electrons. The number of amides is 2. The first-order valence-electron chi connectivity index (χ1n) is 10.2. The predicted octanol–water partition coefficient (Wildman–Crippen LogP) is 4.83. The van der Waals surface area contributed by atoms with Crippen LogP contribution < -0.4 is 5.73 Å². The number of fused-ring (bicyclic) bond motifs is 1. The number of aryl methyl sites for hydroxylation is 2. The third kappa shape index (κ3) is 4.06. The molecule has 7 heteroatoms. The van der Waals surface area contributed by atoms with Gasteiger partial charge in [-0.3, -0.25) is 4.79 Å². The van der Waals surface area contributed by atoms with E-state index in [9.17, 15) is 9.59 Å². The average molecular weight is 416 g/mol. The van der Waals surface area contributed by atoms with Gasteiger partial charge in [0.2, 0.25) is 0 Å². The van der Waals surface area contributed by atoms with Gasteiger partial charge in [-0.15, -0.1) is 0 Å². The van der Waals surface area contributed by atoms with E-state index in [4.69, 9.17) is 10.5 Å². The first-order chi connectivity index (χ1) is 13.9. The van der Waals surface area contributed by atoms with Crippen LogP contribution in [-0.2, 0) is 4.74 Å². The number of aromatic nitrogens is 1. The van der Waals surface area contributed by atoms with Crippen molar-refractivity contribution in [3.63, 3.8) is 0 Å². The summed E-state index contributed by atoms with van der Waals surface area (Å²) < 4.78 is 20.7. The summed E-state index contributed by atoms with van der Waals surface area (Å²) in [6.45, 7) is 9.27. The van der Waals surface area contributed by atoms with Crippen molar-refractivity contribution in [1.82, 2.24) is 9.88 Å². The molecule has 0 fully saturated rings. The Balaban J connectivity index is 2.01. The van der Waals surface area contributed by atoms with Crippen molar-refractivity contribution in [2.45, 2.75) is 65.5 Å². The number of benzene rings is 1. The molecule has 0 saturated heterocycles. The first kappa shape index (κ1) is 21.9. The average Bonchev–Trinajstić information content (AvgIpc) is 2.94. The fourth-order valence-corrected chi connectivity index (χ4v) is 4.04. The predicted molar refractivity (Wildman–Crippen MR) is 116 cm³/mol. The van der Waals surface area contributed by atoms with Crippen LogP contribution in [-0.4, -0.2) is 40.6 Å². The van der Waals surface area contributed by atoms with E-state index in [0.717, 1.165) is 23.3 Å². The van der Waals surface area contributed by atoms with Crippen molar-refractivity contribution in [2.24, 2.45) is 5.73 Å². The SMILES string of the molecule is Cc1[nH]c2c(C(N)=O)cc(F)c(C3=CCC[C@H](N(C)C(=O)OC(C)(C)C)C3)c2c1C. The van der Waals surface area contributed by atoms with Crippen LogP contribution >= 0.6 is 0 Å². The number of rotatable bonds is 3. The summed E-state index contributed by atoms with van der Waals surface area (Å²) in [5.41, 5.74) is 8.63. The van der Waals surface area contributed by atoms with Crippen LogP contribution in [0.3, 0.4) is 0 Å². The number of carbonyl (C=O) groups is 2. The number of aromatic amines is 1. The van der Waals surface area contributed by atoms with Gasteiger partial charge in [0.05, 0.1) is 11.1 Å². The Kier molecular flexibility index (Phi) is 5.67. The molecule has 2 amide bonds. The minimum atomic E-state index is -0.674. The minimum absolute atomic E-state index is 0.106. The third-order valence-electron chi connectivity index (χ3n) is 5.69. The van der Waals surface area contributed by atoms with Crippen LogP contribution in [0.25, 0.3) is 16.5 Å². The number of primary amides is 1. The number of H-pyrrole nitrogens is 1. The van der Waals surface area contributed by atoms with Crippen molar-refractivity contribution >= 4 is 28.5 Å². The lowest BCUT2D eigenvalue weighted by molar-refractivity contribution is 0.0216. The second-order valence-corrected chi connectivity index (χ2v) is 9.03. The second-order valence-electron chi connectivity index (χ2n) is 9.03. The zero-order valence-electron chi connectivity index (χ0n) is 18.5. The Morgan fingerprint density at radius 1 is 1.30 bits per heavy atom. The monoisotopic (exact) mass is 415 g/mol. The fraction of sp³-hybridized carbons (Fsp3) is 0.478. The van der Waals surface area contributed by atoms with Crippen molar-refractivity contribution in [1.29, 1.82) is 0 Å². The molecule has 0 spiro atoms. The molecular weight excluding hydrogens is 385 g/mol. The normalized spacial score (nSPS) is 17.0. The van der Waals surface area contributed by atoms with E-state index >= 15 is 4.39 Å². The Bertz CT molecular complexity index is 1050. The smallest absolute Gasteiger partial charge is 0.410 e. The zero-order valence-corrected chi connectivity index (χ0v) is 18.5. The van der Waals surface area contributed by atoms with Crippen LogP contribution in [0.5, 0.6) is 0 Å². The molecule has 1 aromatic heterocycles. The molecule has 1 aliphatic carbocycles. The maximum absolute atomic E-state index is 15.3. The molecule has 0 saturated carbocycles.